The lowest BCUT2D eigenvalue weighted by molar-refractivity contribution is 0.280. The van der Waals surface area contributed by atoms with Crippen molar-refractivity contribution in [1.29, 1.82) is 0 Å². The van der Waals surface area contributed by atoms with Gasteiger partial charge in [0.1, 0.15) is 0 Å². The van der Waals surface area contributed by atoms with E-state index >= 15 is 0 Å². The number of rotatable bonds is 0. The molecule has 0 bridgehead atoms. The van der Waals surface area contributed by atoms with Gasteiger partial charge in [0.05, 0.1) is 0 Å². The molecule has 0 heterocycles. The maximum Gasteiger partial charge on any atom is -0.0254 e. The van der Waals surface area contributed by atoms with Gasteiger partial charge in [-0.15, -0.1) is 0 Å². The van der Waals surface area contributed by atoms with Gasteiger partial charge < -0.3 is 0 Å². The van der Waals surface area contributed by atoms with Gasteiger partial charge in [-0.2, -0.15) is 0 Å². The quantitative estimate of drug-likeness (QED) is 0.450. The Labute approximate surface area is 64.3 Å². The molecule has 1 rings (SSSR count). The van der Waals surface area contributed by atoms with Crippen molar-refractivity contribution in [1.82, 2.24) is 0 Å². The first kappa shape index (κ1) is 7.84. The van der Waals surface area contributed by atoms with Gasteiger partial charge in [-0.25, -0.2) is 0 Å². The molecule has 0 aliphatic heterocycles. The molecule has 0 fully saturated rings. The minimum Gasteiger partial charge on any atom is -0.0827 e. The lowest BCUT2D eigenvalue weighted by Crippen LogP contribution is -2.19. The molecule has 0 saturated carbocycles. The topological polar surface area (TPSA) is 0 Å². The summed E-state index contributed by atoms with van der Waals surface area (Å²) >= 11 is 0. The Hall–Kier alpha value is -0.260. The molecular formula is C10H18. The number of hydrogen-bond donors (Lipinski definition) is 0. The molecule has 0 nitrogen and oxygen atoms in total. The summed E-state index contributed by atoms with van der Waals surface area (Å²) in [6.45, 7) is 9.28. The number of hydrogen-bond acceptors (Lipinski definition) is 0. The summed E-state index contributed by atoms with van der Waals surface area (Å²) in [6.07, 6.45) is 5.05. The van der Waals surface area contributed by atoms with E-state index in [0.717, 1.165) is 5.92 Å². The van der Waals surface area contributed by atoms with Crippen molar-refractivity contribution in [2.24, 2.45) is 11.3 Å². The molecule has 0 saturated heterocycles. The Morgan fingerprint density at radius 3 is 2.50 bits per heavy atom. The van der Waals surface area contributed by atoms with E-state index in [0.29, 0.717) is 5.41 Å². The first-order valence-electron chi connectivity index (χ1n) is 4.17. The van der Waals surface area contributed by atoms with Crippen LogP contribution in [0.2, 0.25) is 0 Å². The zero-order valence-electron chi connectivity index (χ0n) is 7.57. The summed E-state index contributed by atoms with van der Waals surface area (Å²) in [7, 11) is 0. The van der Waals surface area contributed by atoms with Crippen LogP contribution < -0.4 is 0 Å². The molecule has 0 aromatic carbocycles. The maximum absolute atomic E-state index is 2.41. The molecule has 1 atom stereocenters. The highest BCUT2D eigenvalue weighted by Gasteiger charge is 2.24. The lowest BCUT2D eigenvalue weighted by Gasteiger charge is -2.32. The van der Waals surface area contributed by atoms with Gasteiger partial charge in [0.15, 0.2) is 0 Å². The van der Waals surface area contributed by atoms with E-state index in [9.17, 15) is 0 Å². The third kappa shape index (κ3) is 1.86. The van der Waals surface area contributed by atoms with Gasteiger partial charge in [0.25, 0.3) is 0 Å². The van der Waals surface area contributed by atoms with Crippen molar-refractivity contribution in [3.05, 3.63) is 11.6 Å². The van der Waals surface area contributed by atoms with Crippen molar-refractivity contribution in [2.45, 2.75) is 40.5 Å². The summed E-state index contributed by atoms with van der Waals surface area (Å²) < 4.78 is 0. The van der Waals surface area contributed by atoms with Crippen LogP contribution in [0.25, 0.3) is 0 Å². The minimum absolute atomic E-state index is 0.554. The molecule has 1 aliphatic rings. The van der Waals surface area contributed by atoms with E-state index in [1.54, 1.807) is 5.57 Å². The molecule has 0 aromatic heterocycles. The van der Waals surface area contributed by atoms with Crippen LogP contribution in [0, 0.1) is 11.3 Å². The van der Waals surface area contributed by atoms with E-state index in [2.05, 4.69) is 33.8 Å². The normalized spacial score (nSPS) is 31.6. The molecule has 0 spiro atoms. The zero-order chi connectivity index (χ0) is 7.78. The van der Waals surface area contributed by atoms with Crippen LogP contribution in [0.1, 0.15) is 40.5 Å². The Bertz CT molecular complexity index is 151. The largest absolute Gasteiger partial charge is 0.0827 e. The molecule has 10 heavy (non-hydrogen) atoms. The van der Waals surface area contributed by atoms with E-state index < -0.39 is 0 Å². The third-order valence-corrected chi connectivity index (χ3v) is 2.20. The van der Waals surface area contributed by atoms with E-state index in [4.69, 9.17) is 0 Å². The van der Waals surface area contributed by atoms with Crippen LogP contribution in [0.4, 0.5) is 0 Å². The summed E-state index contributed by atoms with van der Waals surface area (Å²) in [4.78, 5) is 0. The van der Waals surface area contributed by atoms with Crippen LogP contribution in [0.3, 0.4) is 0 Å². The Morgan fingerprint density at radius 1 is 1.50 bits per heavy atom. The average Bonchev–Trinajstić information content (AvgIpc) is 1.54. The zero-order valence-corrected chi connectivity index (χ0v) is 7.57. The van der Waals surface area contributed by atoms with Crippen LogP contribution >= 0.6 is 0 Å². The van der Waals surface area contributed by atoms with Crippen molar-refractivity contribution in [3.8, 4) is 0 Å². The predicted molar refractivity (Wildman–Crippen MR) is 45.9 cm³/mol. The van der Waals surface area contributed by atoms with Crippen LogP contribution in [-0.2, 0) is 0 Å². The Balaban J connectivity index is 2.70. The first-order chi connectivity index (χ1) is 4.49. The third-order valence-electron chi connectivity index (χ3n) is 2.20. The van der Waals surface area contributed by atoms with Gasteiger partial charge in [0.2, 0.25) is 0 Å². The van der Waals surface area contributed by atoms with E-state index in [-0.39, 0.29) is 0 Å². The standard InChI is InChI=1S/C10H18/c1-8-5-9(2)7-10(3,4)6-8/h5,8H,6-7H2,1-4H3/t8-/m0/s1. The maximum atomic E-state index is 2.41. The molecule has 58 valence electrons. The smallest absolute Gasteiger partial charge is 0.0254 e. The summed E-state index contributed by atoms with van der Waals surface area (Å²) in [5.41, 5.74) is 2.13. The van der Waals surface area contributed by atoms with E-state index in [1.165, 1.54) is 12.8 Å². The summed E-state index contributed by atoms with van der Waals surface area (Å²) in [5, 5.41) is 0. The fourth-order valence-electron chi connectivity index (χ4n) is 2.30. The lowest BCUT2D eigenvalue weighted by atomic mass is 9.74. The van der Waals surface area contributed by atoms with E-state index in [1.807, 2.05) is 0 Å². The highest BCUT2D eigenvalue weighted by atomic mass is 14.3. The molecule has 0 unspecified atom stereocenters. The second-order valence-corrected chi connectivity index (χ2v) is 4.54. The number of allylic oxidation sites excluding steroid dienone is 2. The first-order valence-corrected chi connectivity index (χ1v) is 4.17. The highest BCUT2D eigenvalue weighted by molar-refractivity contribution is 5.08. The van der Waals surface area contributed by atoms with Crippen LogP contribution in [0.5, 0.6) is 0 Å². The van der Waals surface area contributed by atoms with Gasteiger partial charge >= 0.3 is 0 Å². The molecule has 1 aliphatic carbocycles. The molecule has 0 radical (unpaired) electrons. The average molecular weight is 138 g/mol. The predicted octanol–water partition coefficient (Wildman–Crippen LogP) is 3.39. The molecule has 0 heteroatoms. The second kappa shape index (κ2) is 2.41. The summed E-state index contributed by atoms with van der Waals surface area (Å²) in [5.74, 6) is 0.795. The minimum atomic E-state index is 0.554. The Kier molecular flexibility index (Phi) is 1.89. The summed E-state index contributed by atoms with van der Waals surface area (Å²) in [6, 6.07) is 0. The molecule has 0 aromatic rings. The van der Waals surface area contributed by atoms with Crippen molar-refractivity contribution < 1.29 is 0 Å². The van der Waals surface area contributed by atoms with Crippen molar-refractivity contribution in [3.63, 3.8) is 0 Å². The fourth-order valence-corrected chi connectivity index (χ4v) is 2.30. The fraction of sp³-hybridized carbons (Fsp3) is 0.800. The SMILES string of the molecule is CC1=C[C@H](C)CC(C)(C)C1. The monoisotopic (exact) mass is 138 g/mol. The second-order valence-electron chi connectivity index (χ2n) is 4.54. The van der Waals surface area contributed by atoms with Crippen LogP contribution in [-0.4, -0.2) is 0 Å². The molecular weight excluding hydrogens is 120 g/mol. The Morgan fingerprint density at radius 2 is 2.10 bits per heavy atom. The molecule has 0 N–H and O–H groups in total. The van der Waals surface area contributed by atoms with Crippen LogP contribution in [0.15, 0.2) is 11.6 Å². The van der Waals surface area contributed by atoms with Crippen molar-refractivity contribution in [2.75, 3.05) is 0 Å². The highest BCUT2D eigenvalue weighted by Crippen LogP contribution is 2.37. The van der Waals surface area contributed by atoms with Gasteiger partial charge in [0, 0.05) is 0 Å². The molecule has 0 amide bonds. The van der Waals surface area contributed by atoms with Gasteiger partial charge in [-0.05, 0) is 31.1 Å². The van der Waals surface area contributed by atoms with Gasteiger partial charge in [-0.1, -0.05) is 32.4 Å². The van der Waals surface area contributed by atoms with Gasteiger partial charge in [-0.3, -0.25) is 0 Å². The van der Waals surface area contributed by atoms with Crippen molar-refractivity contribution >= 4 is 0 Å².